The number of ether oxygens (including phenoxy) is 1. The average Bonchev–Trinajstić information content (AvgIpc) is 2.26. The quantitative estimate of drug-likeness (QED) is 0.647. The lowest BCUT2D eigenvalue weighted by molar-refractivity contribution is -0.138. The Morgan fingerprint density at radius 2 is 2.38 bits per heavy atom. The van der Waals surface area contributed by atoms with E-state index in [-0.39, 0.29) is 13.0 Å². The fraction of sp³-hybridized carbons (Fsp3) is 0.400. The molecule has 1 heterocycles. The van der Waals surface area contributed by atoms with Crippen molar-refractivity contribution in [2.45, 2.75) is 12.5 Å². The number of aliphatic carboxylic acids is 1. The zero-order valence-corrected chi connectivity index (χ0v) is 8.88. The highest BCUT2D eigenvalue weighted by molar-refractivity contribution is 5.67. The predicted molar refractivity (Wildman–Crippen MR) is 57.5 cm³/mol. The van der Waals surface area contributed by atoms with E-state index in [0.29, 0.717) is 11.6 Å². The standard InChI is InChI=1S/C10H14N2O4/c1-16-9-3-2-7(5-12-9)11-6-8(13)4-10(14)15/h2-3,5,8,11,13H,4,6H2,1H3,(H,14,15). The molecule has 1 atom stereocenters. The highest BCUT2D eigenvalue weighted by Gasteiger charge is 2.08. The van der Waals surface area contributed by atoms with Gasteiger partial charge in [-0.25, -0.2) is 4.98 Å². The average molecular weight is 226 g/mol. The van der Waals surface area contributed by atoms with Crippen LogP contribution in [0.5, 0.6) is 5.88 Å². The van der Waals surface area contributed by atoms with Crippen molar-refractivity contribution in [2.24, 2.45) is 0 Å². The molecule has 0 saturated heterocycles. The molecule has 6 heteroatoms. The molecule has 0 aliphatic rings. The van der Waals surface area contributed by atoms with Crippen LogP contribution in [0.3, 0.4) is 0 Å². The first-order chi connectivity index (χ1) is 7.61. The second kappa shape index (κ2) is 5.92. The minimum Gasteiger partial charge on any atom is -0.481 e. The van der Waals surface area contributed by atoms with Gasteiger partial charge < -0.3 is 20.3 Å². The van der Waals surface area contributed by atoms with E-state index >= 15 is 0 Å². The van der Waals surface area contributed by atoms with Gasteiger partial charge in [-0.2, -0.15) is 0 Å². The summed E-state index contributed by atoms with van der Waals surface area (Å²) in [6.45, 7) is 0.167. The summed E-state index contributed by atoms with van der Waals surface area (Å²) in [4.78, 5) is 14.2. The third kappa shape index (κ3) is 4.14. The summed E-state index contributed by atoms with van der Waals surface area (Å²) >= 11 is 0. The van der Waals surface area contributed by atoms with E-state index in [4.69, 9.17) is 9.84 Å². The smallest absolute Gasteiger partial charge is 0.306 e. The Bertz CT molecular complexity index is 339. The number of aliphatic hydroxyl groups is 1. The van der Waals surface area contributed by atoms with Crippen molar-refractivity contribution in [3.8, 4) is 5.88 Å². The number of carbonyl (C=O) groups is 1. The van der Waals surface area contributed by atoms with Gasteiger partial charge >= 0.3 is 5.97 Å². The molecule has 0 aliphatic carbocycles. The van der Waals surface area contributed by atoms with Crippen molar-refractivity contribution in [1.29, 1.82) is 0 Å². The maximum atomic E-state index is 10.3. The summed E-state index contributed by atoms with van der Waals surface area (Å²) in [6.07, 6.45) is 0.350. The summed E-state index contributed by atoms with van der Waals surface area (Å²) in [5.74, 6) is -0.529. The number of anilines is 1. The van der Waals surface area contributed by atoms with Crippen molar-refractivity contribution in [3.05, 3.63) is 18.3 Å². The number of aromatic nitrogens is 1. The van der Waals surface area contributed by atoms with E-state index in [2.05, 4.69) is 10.3 Å². The molecule has 0 aromatic carbocycles. The summed E-state index contributed by atoms with van der Waals surface area (Å²) < 4.78 is 4.88. The molecule has 0 bridgehead atoms. The van der Waals surface area contributed by atoms with Gasteiger partial charge in [0.05, 0.1) is 31.5 Å². The second-order valence-corrected chi connectivity index (χ2v) is 3.22. The van der Waals surface area contributed by atoms with Gasteiger partial charge in [0, 0.05) is 12.6 Å². The van der Waals surface area contributed by atoms with Gasteiger partial charge in [0.1, 0.15) is 0 Å². The summed E-state index contributed by atoms with van der Waals surface area (Å²) in [5.41, 5.74) is 0.699. The normalized spacial score (nSPS) is 11.9. The molecular weight excluding hydrogens is 212 g/mol. The van der Waals surface area contributed by atoms with Gasteiger partial charge in [-0.3, -0.25) is 4.79 Å². The third-order valence-electron chi connectivity index (χ3n) is 1.90. The van der Waals surface area contributed by atoms with Crippen molar-refractivity contribution >= 4 is 11.7 Å². The van der Waals surface area contributed by atoms with Gasteiger partial charge in [-0.05, 0) is 6.07 Å². The second-order valence-electron chi connectivity index (χ2n) is 3.22. The number of rotatable bonds is 6. The number of carboxylic acids is 1. The molecule has 16 heavy (non-hydrogen) atoms. The number of nitrogens with zero attached hydrogens (tertiary/aromatic N) is 1. The molecular formula is C10H14N2O4. The number of nitrogens with one attached hydrogen (secondary N) is 1. The molecule has 88 valence electrons. The molecule has 1 aromatic rings. The van der Waals surface area contributed by atoms with Crippen LogP contribution in [0.4, 0.5) is 5.69 Å². The molecule has 0 radical (unpaired) electrons. The zero-order valence-electron chi connectivity index (χ0n) is 8.88. The number of pyridine rings is 1. The van der Waals surface area contributed by atoms with E-state index in [9.17, 15) is 9.90 Å². The maximum absolute atomic E-state index is 10.3. The minimum absolute atomic E-state index is 0.167. The highest BCUT2D eigenvalue weighted by Crippen LogP contribution is 2.10. The Balaban J connectivity index is 2.39. The Morgan fingerprint density at radius 1 is 1.62 bits per heavy atom. The molecule has 6 nitrogen and oxygen atoms in total. The van der Waals surface area contributed by atoms with Crippen LogP contribution in [-0.4, -0.2) is 40.9 Å². The number of aliphatic hydroxyl groups excluding tert-OH is 1. The van der Waals surface area contributed by atoms with E-state index in [0.717, 1.165) is 0 Å². The molecule has 1 unspecified atom stereocenters. The van der Waals surface area contributed by atoms with Crippen molar-refractivity contribution in [3.63, 3.8) is 0 Å². The lowest BCUT2D eigenvalue weighted by Gasteiger charge is -2.10. The molecule has 1 aromatic heterocycles. The lowest BCUT2D eigenvalue weighted by Crippen LogP contribution is -2.22. The minimum atomic E-state index is -1.03. The SMILES string of the molecule is COc1ccc(NCC(O)CC(=O)O)cn1. The molecule has 0 spiro atoms. The van der Waals surface area contributed by atoms with Crippen LogP contribution in [0.25, 0.3) is 0 Å². The lowest BCUT2D eigenvalue weighted by atomic mass is 10.2. The molecule has 0 fully saturated rings. The number of hydrogen-bond donors (Lipinski definition) is 3. The Hall–Kier alpha value is -1.82. The number of carboxylic acid groups (broad SMARTS) is 1. The largest absolute Gasteiger partial charge is 0.481 e. The van der Waals surface area contributed by atoms with Crippen LogP contribution in [0.2, 0.25) is 0 Å². The van der Waals surface area contributed by atoms with E-state index in [1.807, 2.05) is 0 Å². The van der Waals surface area contributed by atoms with Crippen molar-refractivity contribution in [1.82, 2.24) is 4.98 Å². The van der Waals surface area contributed by atoms with Gasteiger partial charge in [-0.1, -0.05) is 0 Å². The molecule has 3 N–H and O–H groups in total. The Morgan fingerprint density at radius 3 is 2.88 bits per heavy atom. The van der Waals surface area contributed by atoms with Crippen LogP contribution >= 0.6 is 0 Å². The Kier molecular flexibility index (Phi) is 4.53. The van der Waals surface area contributed by atoms with Crippen LogP contribution in [-0.2, 0) is 4.79 Å². The van der Waals surface area contributed by atoms with Gasteiger partial charge in [-0.15, -0.1) is 0 Å². The summed E-state index contributed by atoms with van der Waals surface area (Å²) in [5, 5.41) is 20.6. The van der Waals surface area contributed by atoms with Crippen LogP contribution in [0.15, 0.2) is 18.3 Å². The van der Waals surface area contributed by atoms with E-state index in [1.54, 1.807) is 18.3 Å². The molecule has 0 amide bonds. The van der Waals surface area contributed by atoms with E-state index < -0.39 is 12.1 Å². The predicted octanol–water partition coefficient (Wildman–Crippen LogP) is 0.338. The monoisotopic (exact) mass is 226 g/mol. The van der Waals surface area contributed by atoms with Crippen LogP contribution in [0.1, 0.15) is 6.42 Å². The van der Waals surface area contributed by atoms with Gasteiger partial charge in [0.25, 0.3) is 0 Å². The summed E-state index contributed by atoms with van der Waals surface area (Å²) in [7, 11) is 1.52. The van der Waals surface area contributed by atoms with Gasteiger partial charge in [0.2, 0.25) is 5.88 Å². The first-order valence-corrected chi connectivity index (χ1v) is 4.75. The highest BCUT2D eigenvalue weighted by atomic mass is 16.5. The van der Waals surface area contributed by atoms with Gasteiger partial charge in [0.15, 0.2) is 0 Å². The first kappa shape index (κ1) is 12.3. The van der Waals surface area contributed by atoms with Crippen molar-refractivity contribution < 1.29 is 19.7 Å². The Labute approximate surface area is 92.9 Å². The van der Waals surface area contributed by atoms with E-state index in [1.165, 1.54) is 7.11 Å². The number of methoxy groups -OCH3 is 1. The van der Waals surface area contributed by atoms with Crippen LogP contribution in [0, 0.1) is 0 Å². The summed E-state index contributed by atoms with van der Waals surface area (Å²) in [6, 6.07) is 3.41. The topological polar surface area (TPSA) is 91.7 Å². The first-order valence-electron chi connectivity index (χ1n) is 4.75. The fourth-order valence-corrected chi connectivity index (χ4v) is 1.12. The van der Waals surface area contributed by atoms with Crippen LogP contribution < -0.4 is 10.1 Å². The molecule has 0 aliphatic heterocycles. The maximum Gasteiger partial charge on any atom is 0.306 e. The zero-order chi connectivity index (χ0) is 12.0. The molecule has 1 rings (SSSR count). The molecule has 0 saturated carbocycles. The third-order valence-corrected chi connectivity index (χ3v) is 1.90. The fourth-order valence-electron chi connectivity index (χ4n) is 1.12. The van der Waals surface area contributed by atoms with Crippen molar-refractivity contribution in [2.75, 3.05) is 19.0 Å². The number of hydrogen-bond acceptors (Lipinski definition) is 5.